The number of carbonyl (C=O) groups excluding carboxylic acids is 2. The number of carbonyl (C=O) groups is 2. The minimum Gasteiger partial charge on any atom is -0.480 e. The average molecular weight is 551 g/mol. The zero-order chi connectivity index (χ0) is 27.7. The monoisotopic (exact) mass is 550 g/mol. The summed E-state index contributed by atoms with van der Waals surface area (Å²) in [5, 5.41) is 8.89. The number of nitrogens with zero attached hydrogens (tertiary/aromatic N) is 3. The molecule has 4 aliphatic rings. The molecule has 7 rings (SSSR count). The second-order valence-corrected chi connectivity index (χ2v) is 10.7. The van der Waals surface area contributed by atoms with Crippen molar-refractivity contribution >= 4 is 28.7 Å². The number of likely N-dealkylation sites (N-methyl/N-ethyl adjacent to an activating group) is 1. The lowest BCUT2D eigenvalue weighted by Gasteiger charge is -2.53. The maximum Gasteiger partial charge on any atom is 0.263 e. The normalized spacial score (nSPS) is 23.3. The van der Waals surface area contributed by atoms with E-state index in [2.05, 4.69) is 30.9 Å². The predicted octanol–water partition coefficient (Wildman–Crippen LogP) is 2.42. The second-order valence-electron chi connectivity index (χ2n) is 10.7. The van der Waals surface area contributed by atoms with Gasteiger partial charge in [-0.2, -0.15) is 0 Å². The van der Waals surface area contributed by atoms with Crippen LogP contribution in [0, 0.1) is 5.82 Å². The van der Waals surface area contributed by atoms with Crippen LogP contribution in [0.1, 0.15) is 43.4 Å². The highest BCUT2D eigenvalue weighted by Gasteiger charge is 2.49. The average Bonchev–Trinajstić information content (AvgIpc) is 2.99. The molecule has 3 aliphatic heterocycles. The number of anilines is 1. The van der Waals surface area contributed by atoms with E-state index in [1.807, 2.05) is 12.1 Å². The first-order chi connectivity index (χ1) is 19.4. The molecule has 2 bridgehead atoms. The third-order valence-electron chi connectivity index (χ3n) is 8.15. The van der Waals surface area contributed by atoms with E-state index in [0.717, 1.165) is 31.4 Å². The topological polar surface area (TPSA) is 137 Å². The lowest BCUT2D eigenvalue weighted by atomic mass is 9.69. The zero-order valence-corrected chi connectivity index (χ0v) is 22.2. The van der Waals surface area contributed by atoms with Gasteiger partial charge in [0.2, 0.25) is 5.88 Å². The Kier molecular flexibility index (Phi) is 6.97. The molecule has 0 unspecified atom stereocenters. The number of nitrogens with one attached hydrogen (secondary N) is 3. The third-order valence-corrected chi connectivity index (χ3v) is 8.15. The second kappa shape index (κ2) is 10.6. The molecule has 0 atom stereocenters. The van der Waals surface area contributed by atoms with Gasteiger partial charge < -0.3 is 30.2 Å². The fourth-order valence-electron chi connectivity index (χ4n) is 5.65. The van der Waals surface area contributed by atoms with E-state index in [1.54, 1.807) is 12.1 Å². The Balaban J connectivity index is 1.09. The molecule has 40 heavy (non-hydrogen) atoms. The number of aryl methyl sites for hydroxylation is 1. The van der Waals surface area contributed by atoms with Gasteiger partial charge in [0.1, 0.15) is 5.82 Å². The number of halogens is 1. The van der Waals surface area contributed by atoms with Crippen molar-refractivity contribution in [3.8, 4) is 11.6 Å². The summed E-state index contributed by atoms with van der Waals surface area (Å²) in [6.07, 6.45) is 5.94. The summed E-state index contributed by atoms with van der Waals surface area (Å²) in [5.74, 6) is 0.365. The number of fused-ring (bicyclic) bond motifs is 5. The molecule has 1 saturated carbocycles. The van der Waals surface area contributed by atoms with Crippen LogP contribution in [0.4, 0.5) is 10.2 Å². The standard InChI is InChI=1S/C28H31FN6O5/c1-30-22(36)14-39-24-5-3-20-25(35-24)18(19(29)13-31-20)6-7-28-10-8-27(9-11-28,16-40-28)32-12-17-2-4-21-26(33-17)34-23(37)15-38-21/h2-5,13,32H,6-12,14-16H2,1H3,(H,30,36)(H,33,34,37). The van der Waals surface area contributed by atoms with Gasteiger partial charge in [-0.1, -0.05) is 0 Å². The van der Waals surface area contributed by atoms with Crippen LogP contribution in [0.25, 0.3) is 11.0 Å². The van der Waals surface area contributed by atoms with Crippen molar-refractivity contribution in [3.05, 3.63) is 47.5 Å². The fraction of sp³-hybridized carbons (Fsp3) is 0.464. The van der Waals surface area contributed by atoms with Crippen molar-refractivity contribution in [2.24, 2.45) is 0 Å². The Morgan fingerprint density at radius 3 is 2.80 bits per heavy atom. The van der Waals surface area contributed by atoms with E-state index in [9.17, 15) is 14.0 Å². The molecule has 0 aromatic carbocycles. The Bertz CT molecular complexity index is 1440. The Labute approximate surface area is 230 Å². The number of amides is 2. The maximum absolute atomic E-state index is 15.0. The highest BCUT2D eigenvalue weighted by Crippen LogP contribution is 2.46. The molecule has 3 N–H and O–H groups in total. The number of rotatable bonds is 9. The Morgan fingerprint density at radius 2 is 2.02 bits per heavy atom. The van der Waals surface area contributed by atoms with Crippen LogP contribution < -0.4 is 25.4 Å². The zero-order valence-electron chi connectivity index (χ0n) is 22.2. The Hall–Kier alpha value is -3.90. The highest BCUT2D eigenvalue weighted by molar-refractivity contribution is 5.94. The molecule has 3 fully saturated rings. The first-order valence-corrected chi connectivity index (χ1v) is 13.5. The summed E-state index contributed by atoms with van der Waals surface area (Å²) in [4.78, 5) is 36.3. The number of pyridine rings is 3. The fourth-order valence-corrected chi connectivity index (χ4v) is 5.65. The van der Waals surface area contributed by atoms with Gasteiger partial charge in [-0.15, -0.1) is 0 Å². The maximum atomic E-state index is 15.0. The van der Waals surface area contributed by atoms with E-state index >= 15 is 0 Å². The SMILES string of the molecule is CNC(=O)COc1ccc2ncc(F)c(CCC34CCC(NCc5ccc6c(n5)NC(=O)CO6)(CC3)CO4)c2n1. The largest absolute Gasteiger partial charge is 0.480 e. The van der Waals surface area contributed by atoms with Crippen LogP contribution in [0.5, 0.6) is 11.6 Å². The van der Waals surface area contributed by atoms with Gasteiger partial charge in [0.25, 0.3) is 11.8 Å². The molecule has 3 aromatic heterocycles. The van der Waals surface area contributed by atoms with Gasteiger partial charge in [-0.25, -0.2) is 14.4 Å². The molecule has 12 heteroatoms. The summed E-state index contributed by atoms with van der Waals surface area (Å²) in [7, 11) is 1.53. The summed E-state index contributed by atoms with van der Waals surface area (Å²) >= 11 is 0. The van der Waals surface area contributed by atoms with Crippen molar-refractivity contribution < 1.29 is 28.2 Å². The first-order valence-electron chi connectivity index (χ1n) is 13.5. The minimum absolute atomic E-state index is 0.00357. The Morgan fingerprint density at radius 1 is 1.18 bits per heavy atom. The molecular formula is C28H31FN6O5. The molecule has 2 amide bonds. The van der Waals surface area contributed by atoms with E-state index < -0.39 is 5.82 Å². The number of aromatic nitrogens is 3. The summed E-state index contributed by atoms with van der Waals surface area (Å²) in [6.45, 7) is 0.938. The van der Waals surface area contributed by atoms with Crippen LogP contribution >= 0.6 is 0 Å². The van der Waals surface area contributed by atoms with Gasteiger partial charge in [-0.3, -0.25) is 14.6 Å². The summed E-state index contributed by atoms with van der Waals surface area (Å²) < 4.78 is 32.3. The van der Waals surface area contributed by atoms with Crippen molar-refractivity contribution in [2.75, 3.05) is 32.2 Å². The summed E-state index contributed by atoms with van der Waals surface area (Å²) in [6, 6.07) is 7.07. The van der Waals surface area contributed by atoms with E-state index in [-0.39, 0.29) is 42.0 Å². The van der Waals surface area contributed by atoms with Crippen molar-refractivity contribution in [1.82, 2.24) is 25.6 Å². The van der Waals surface area contributed by atoms with Gasteiger partial charge in [0, 0.05) is 30.8 Å². The lowest BCUT2D eigenvalue weighted by molar-refractivity contribution is -0.165. The number of hydrogen-bond donors (Lipinski definition) is 3. The highest BCUT2D eigenvalue weighted by atomic mass is 19.1. The van der Waals surface area contributed by atoms with E-state index in [4.69, 9.17) is 14.2 Å². The van der Waals surface area contributed by atoms with Gasteiger partial charge in [-0.05, 0) is 56.7 Å². The molecular weight excluding hydrogens is 519 g/mol. The van der Waals surface area contributed by atoms with Crippen molar-refractivity contribution in [3.63, 3.8) is 0 Å². The quantitative estimate of drug-likeness (QED) is 0.367. The molecule has 2 saturated heterocycles. The molecule has 0 spiro atoms. The predicted molar refractivity (Wildman–Crippen MR) is 142 cm³/mol. The van der Waals surface area contributed by atoms with Gasteiger partial charge in [0.15, 0.2) is 24.8 Å². The van der Waals surface area contributed by atoms with E-state index in [0.29, 0.717) is 54.2 Å². The van der Waals surface area contributed by atoms with Crippen LogP contribution in [0.15, 0.2) is 30.5 Å². The van der Waals surface area contributed by atoms with E-state index in [1.165, 1.54) is 13.2 Å². The number of ether oxygens (including phenoxy) is 3. The van der Waals surface area contributed by atoms with Crippen LogP contribution in [0.3, 0.4) is 0 Å². The van der Waals surface area contributed by atoms with Gasteiger partial charge >= 0.3 is 0 Å². The molecule has 210 valence electrons. The molecule has 6 heterocycles. The van der Waals surface area contributed by atoms with Crippen LogP contribution in [-0.2, 0) is 27.3 Å². The molecule has 3 aromatic rings. The van der Waals surface area contributed by atoms with Crippen molar-refractivity contribution in [2.45, 2.75) is 56.2 Å². The molecule has 0 radical (unpaired) electrons. The lowest BCUT2D eigenvalue weighted by Crippen LogP contribution is -2.61. The third kappa shape index (κ3) is 5.28. The number of hydrogen-bond acceptors (Lipinski definition) is 9. The van der Waals surface area contributed by atoms with Crippen molar-refractivity contribution in [1.29, 1.82) is 0 Å². The molecule has 1 aliphatic carbocycles. The van der Waals surface area contributed by atoms with Gasteiger partial charge in [0.05, 0.1) is 35.1 Å². The van der Waals surface area contributed by atoms with Crippen LogP contribution in [0.2, 0.25) is 0 Å². The minimum atomic E-state index is -0.415. The smallest absolute Gasteiger partial charge is 0.263 e. The summed E-state index contributed by atoms with van der Waals surface area (Å²) in [5.41, 5.74) is 1.83. The van der Waals surface area contributed by atoms with Crippen LogP contribution in [-0.4, -0.2) is 64.8 Å². The molecule has 11 nitrogen and oxygen atoms in total. The first kappa shape index (κ1) is 26.3.